The summed E-state index contributed by atoms with van der Waals surface area (Å²) >= 11 is 0. The molecule has 3 rings (SSSR count). The Kier molecular flexibility index (Phi) is 9.65. The molecule has 0 aliphatic heterocycles. The SMILES string of the molecule is CCCCCCc1ccc(C(F)(F)Oc2ccc(C(F)(F)Oc3cc(F)c(OC(F)(F)F)c(F)c3)c(F)c2)c(F)c1. The van der Waals surface area contributed by atoms with E-state index in [1.165, 1.54) is 6.07 Å². The first-order valence-corrected chi connectivity index (χ1v) is 12.0. The van der Waals surface area contributed by atoms with Crippen LogP contribution in [-0.4, -0.2) is 6.36 Å². The van der Waals surface area contributed by atoms with Crippen LogP contribution < -0.4 is 14.2 Å². The number of aryl methyl sites for hydroxylation is 1. The van der Waals surface area contributed by atoms with Crippen LogP contribution in [0, 0.1) is 23.3 Å². The summed E-state index contributed by atoms with van der Waals surface area (Å²) in [5.74, 6) is -11.6. The van der Waals surface area contributed by atoms with E-state index in [1.54, 1.807) is 0 Å². The summed E-state index contributed by atoms with van der Waals surface area (Å²) in [6, 6.07) is 3.68. The molecule has 224 valence electrons. The Morgan fingerprint density at radius 2 is 1.07 bits per heavy atom. The first kappa shape index (κ1) is 31.8. The lowest BCUT2D eigenvalue weighted by Gasteiger charge is -2.22. The van der Waals surface area contributed by atoms with Gasteiger partial charge in [0.05, 0.1) is 5.56 Å². The minimum atomic E-state index is -5.50. The molecular weight excluding hydrogens is 581 g/mol. The quantitative estimate of drug-likeness (QED) is 0.153. The average Bonchev–Trinajstić information content (AvgIpc) is 2.83. The smallest absolute Gasteiger partial charge is 0.429 e. The fourth-order valence-electron chi connectivity index (χ4n) is 3.72. The number of alkyl halides is 7. The molecule has 0 saturated carbocycles. The fourth-order valence-corrected chi connectivity index (χ4v) is 3.72. The van der Waals surface area contributed by atoms with Gasteiger partial charge in [0.15, 0.2) is 11.6 Å². The predicted molar refractivity (Wildman–Crippen MR) is 123 cm³/mol. The van der Waals surface area contributed by atoms with Gasteiger partial charge >= 0.3 is 18.6 Å². The molecule has 0 aliphatic rings. The molecule has 3 nitrogen and oxygen atoms in total. The molecule has 0 N–H and O–H groups in total. The Hall–Kier alpha value is -3.71. The van der Waals surface area contributed by atoms with E-state index >= 15 is 0 Å². The Morgan fingerprint density at radius 3 is 1.59 bits per heavy atom. The van der Waals surface area contributed by atoms with Crippen molar-refractivity contribution >= 4 is 0 Å². The van der Waals surface area contributed by atoms with Crippen LogP contribution in [-0.2, 0) is 18.6 Å². The van der Waals surface area contributed by atoms with Crippen LogP contribution in [0.5, 0.6) is 17.2 Å². The highest BCUT2D eigenvalue weighted by Gasteiger charge is 2.41. The molecule has 0 aromatic heterocycles. The predicted octanol–water partition coefficient (Wildman–Crippen LogP) is 9.52. The van der Waals surface area contributed by atoms with E-state index in [1.807, 2.05) is 6.92 Å². The van der Waals surface area contributed by atoms with Crippen molar-refractivity contribution in [1.29, 1.82) is 0 Å². The third-order valence-corrected chi connectivity index (χ3v) is 5.60. The van der Waals surface area contributed by atoms with Crippen molar-refractivity contribution in [3.8, 4) is 17.2 Å². The topological polar surface area (TPSA) is 27.7 Å². The number of rotatable bonds is 12. The maximum Gasteiger partial charge on any atom is 0.573 e. The van der Waals surface area contributed by atoms with Gasteiger partial charge in [0, 0.05) is 18.2 Å². The van der Waals surface area contributed by atoms with Gasteiger partial charge < -0.3 is 14.2 Å². The highest BCUT2D eigenvalue weighted by atomic mass is 19.4. The maximum absolute atomic E-state index is 14.6. The molecule has 3 aromatic rings. The molecule has 0 amide bonds. The molecule has 0 atom stereocenters. The third kappa shape index (κ3) is 8.40. The van der Waals surface area contributed by atoms with Crippen molar-refractivity contribution in [2.75, 3.05) is 0 Å². The summed E-state index contributed by atoms with van der Waals surface area (Å²) in [5.41, 5.74) is -2.32. The Balaban J connectivity index is 1.75. The standard InChI is InChI=1S/C27H21F11O3/c1-2-3-4-5-6-15-7-9-18(20(28)11-15)25(32,33)39-16-8-10-19(21(29)12-16)26(34,35)40-17-13-22(30)24(23(31)14-17)41-27(36,37)38/h7-14H,2-6H2,1H3. The van der Waals surface area contributed by atoms with Crippen LogP contribution >= 0.6 is 0 Å². The molecule has 0 heterocycles. The van der Waals surface area contributed by atoms with Gasteiger partial charge in [-0.1, -0.05) is 32.3 Å². The first-order chi connectivity index (χ1) is 19.0. The second kappa shape index (κ2) is 12.4. The molecule has 0 radical (unpaired) electrons. The largest absolute Gasteiger partial charge is 0.573 e. The van der Waals surface area contributed by atoms with Gasteiger partial charge in [0.1, 0.15) is 28.7 Å². The minimum Gasteiger partial charge on any atom is -0.429 e. The van der Waals surface area contributed by atoms with Crippen molar-refractivity contribution in [2.45, 2.75) is 57.6 Å². The monoisotopic (exact) mass is 602 g/mol. The van der Waals surface area contributed by atoms with Crippen molar-refractivity contribution in [3.05, 3.63) is 88.5 Å². The lowest BCUT2D eigenvalue weighted by Crippen LogP contribution is -2.25. The maximum atomic E-state index is 14.6. The van der Waals surface area contributed by atoms with E-state index in [9.17, 15) is 48.3 Å². The lowest BCUT2D eigenvalue weighted by atomic mass is 10.0. The zero-order valence-corrected chi connectivity index (χ0v) is 21.0. The number of ether oxygens (including phenoxy) is 3. The lowest BCUT2D eigenvalue weighted by molar-refractivity contribution is -0.276. The number of unbranched alkanes of at least 4 members (excludes halogenated alkanes) is 3. The summed E-state index contributed by atoms with van der Waals surface area (Å²) in [6.07, 6.45) is -10.5. The van der Waals surface area contributed by atoms with Crippen LogP contribution in [0.1, 0.15) is 49.3 Å². The second-order valence-electron chi connectivity index (χ2n) is 8.77. The summed E-state index contributed by atoms with van der Waals surface area (Å²) in [4.78, 5) is 0. The van der Waals surface area contributed by atoms with Gasteiger partial charge in [-0.3, -0.25) is 0 Å². The zero-order chi connectivity index (χ0) is 30.6. The zero-order valence-electron chi connectivity index (χ0n) is 21.0. The summed E-state index contributed by atoms with van der Waals surface area (Å²) in [5, 5.41) is 0. The summed E-state index contributed by atoms with van der Waals surface area (Å²) < 4.78 is 163. The molecule has 0 spiro atoms. The molecule has 3 aromatic carbocycles. The van der Waals surface area contributed by atoms with Crippen molar-refractivity contribution < 1.29 is 62.5 Å². The fraction of sp³-hybridized carbons (Fsp3) is 0.333. The molecule has 0 bridgehead atoms. The van der Waals surface area contributed by atoms with E-state index in [4.69, 9.17) is 0 Å². The normalized spacial score (nSPS) is 12.4. The van der Waals surface area contributed by atoms with E-state index in [2.05, 4.69) is 14.2 Å². The molecular formula is C27H21F11O3. The number of benzene rings is 3. The molecule has 0 aliphatic carbocycles. The van der Waals surface area contributed by atoms with Crippen molar-refractivity contribution in [1.82, 2.24) is 0 Å². The van der Waals surface area contributed by atoms with E-state index in [0.29, 0.717) is 18.1 Å². The highest BCUT2D eigenvalue weighted by Crippen LogP contribution is 2.39. The molecule has 0 fully saturated rings. The molecule has 41 heavy (non-hydrogen) atoms. The molecule has 14 heteroatoms. The average molecular weight is 602 g/mol. The van der Waals surface area contributed by atoms with Crippen LogP contribution in [0.25, 0.3) is 0 Å². The van der Waals surface area contributed by atoms with Crippen LogP contribution in [0.2, 0.25) is 0 Å². The Bertz CT molecular complexity index is 1330. The van der Waals surface area contributed by atoms with Gasteiger partial charge in [-0.25, -0.2) is 17.6 Å². The minimum absolute atomic E-state index is 0.0704. The van der Waals surface area contributed by atoms with Crippen LogP contribution in [0.4, 0.5) is 48.3 Å². The molecule has 0 unspecified atom stereocenters. The Morgan fingerprint density at radius 1 is 0.561 bits per heavy atom. The third-order valence-electron chi connectivity index (χ3n) is 5.60. The highest BCUT2D eigenvalue weighted by molar-refractivity contribution is 5.37. The molecule has 0 saturated heterocycles. The van der Waals surface area contributed by atoms with Gasteiger partial charge in [-0.15, -0.1) is 13.2 Å². The van der Waals surface area contributed by atoms with Gasteiger partial charge in [-0.05, 0) is 42.7 Å². The summed E-state index contributed by atoms with van der Waals surface area (Å²) in [6.45, 7) is 2.00. The second-order valence-corrected chi connectivity index (χ2v) is 8.77. The number of halogens is 11. The van der Waals surface area contributed by atoms with Gasteiger partial charge in [0.2, 0.25) is 5.75 Å². The summed E-state index contributed by atoms with van der Waals surface area (Å²) in [7, 11) is 0. The van der Waals surface area contributed by atoms with Gasteiger partial charge in [-0.2, -0.15) is 17.6 Å². The first-order valence-electron chi connectivity index (χ1n) is 12.0. The number of hydrogen-bond acceptors (Lipinski definition) is 3. The van der Waals surface area contributed by atoms with E-state index in [0.717, 1.165) is 37.8 Å². The van der Waals surface area contributed by atoms with Crippen LogP contribution in [0.3, 0.4) is 0 Å². The number of hydrogen-bond donors (Lipinski definition) is 0. The van der Waals surface area contributed by atoms with Crippen molar-refractivity contribution in [3.63, 3.8) is 0 Å². The van der Waals surface area contributed by atoms with Crippen molar-refractivity contribution in [2.24, 2.45) is 0 Å². The Labute approximate surface area is 226 Å². The van der Waals surface area contributed by atoms with Crippen LogP contribution in [0.15, 0.2) is 48.5 Å². The van der Waals surface area contributed by atoms with E-state index in [-0.39, 0.29) is 24.3 Å². The van der Waals surface area contributed by atoms with E-state index < -0.39 is 70.2 Å². The van der Waals surface area contributed by atoms with Gasteiger partial charge in [0.25, 0.3) is 0 Å².